The van der Waals surface area contributed by atoms with Gasteiger partial charge in [0.2, 0.25) is 0 Å². The largest absolute Gasteiger partial charge is 0.455 e. The van der Waals surface area contributed by atoms with Crippen LogP contribution in [0.1, 0.15) is 13.8 Å². The molecule has 0 aliphatic heterocycles. The Balaban J connectivity index is 1.81. The van der Waals surface area contributed by atoms with Crippen LogP contribution in [0.5, 0.6) is 0 Å². The van der Waals surface area contributed by atoms with Crippen LogP contribution in [0.2, 0.25) is 0 Å². The van der Waals surface area contributed by atoms with Gasteiger partial charge in [0.1, 0.15) is 0 Å². The molecule has 0 saturated carbocycles. The van der Waals surface area contributed by atoms with Crippen LogP contribution in [0.15, 0.2) is 59.5 Å². The first-order valence-electron chi connectivity index (χ1n) is 8.19. The molecule has 0 bridgehead atoms. The Morgan fingerprint density at radius 1 is 1.16 bits per heavy atom. The summed E-state index contributed by atoms with van der Waals surface area (Å²) >= 11 is 1.41. The van der Waals surface area contributed by atoms with Gasteiger partial charge in [0.15, 0.2) is 6.61 Å². The molecule has 4 nitrogen and oxygen atoms in total. The van der Waals surface area contributed by atoms with Gasteiger partial charge in [-0.3, -0.25) is 9.59 Å². The van der Waals surface area contributed by atoms with Crippen molar-refractivity contribution in [1.82, 2.24) is 4.90 Å². The van der Waals surface area contributed by atoms with Crippen LogP contribution in [-0.2, 0) is 14.3 Å². The van der Waals surface area contributed by atoms with Gasteiger partial charge in [-0.2, -0.15) is 0 Å². The van der Waals surface area contributed by atoms with E-state index in [1.165, 1.54) is 11.8 Å². The number of fused-ring (bicyclic) bond motifs is 1. The van der Waals surface area contributed by atoms with Crippen LogP contribution in [0.3, 0.4) is 0 Å². The highest BCUT2D eigenvalue weighted by atomic mass is 32.2. The van der Waals surface area contributed by atoms with E-state index < -0.39 is 5.97 Å². The number of hydrogen-bond donors (Lipinski definition) is 0. The van der Waals surface area contributed by atoms with Gasteiger partial charge in [-0.15, -0.1) is 11.8 Å². The number of amides is 1. The van der Waals surface area contributed by atoms with Crippen LogP contribution >= 0.6 is 11.8 Å². The predicted molar refractivity (Wildman–Crippen MR) is 103 cm³/mol. The molecule has 0 unspecified atom stereocenters. The zero-order chi connectivity index (χ0) is 18.2. The summed E-state index contributed by atoms with van der Waals surface area (Å²) in [5.74, 6) is -0.412. The van der Waals surface area contributed by atoms with Crippen molar-refractivity contribution in [2.24, 2.45) is 0 Å². The minimum atomic E-state index is -0.391. The van der Waals surface area contributed by atoms with Crippen molar-refractivity contribution in [3.05, 3.63) is 54.6 Å². The number of ether oxygens (including phenoxy) is 1. The van der Waals surface area contributed by atoms with Gasteiger partial charge in [-0.1, -0.05) is 42.5 Å². The molecule has 2 rings (SSSR count). The highest BCUT2D eigenvalue weighted by Crippen LogP contribution is 2.23. The van der Waals surface area contributed by atoms with E-state index in [0.29, 0.717) is 13.1 Å². The second-order valence-corrected chi connectivity index (χ2v) is 6.87. The average molecular weight is 357 g/mol. The van der Waals surface area contributed by atoms with Crippen molar-refractivity contribution in [2.75, 3.05) is 25.4 Å². The number of rotatable bonds is 8. The molecule has 0 saturated heterocycles. The Bertz CT molecular complexity index is 772. The van der Waals surface area contributed by atoms with E-state index in [1.54, 1.807) is 4.90 Å². The maximum atomic E-state index is 12.0. The highest BCUT2D eigenvalue weighted by Gasteiger charge is 2.14. The van der Waals surface area contributed by atoms with Gasteiger partial charge in [0.05, 0.1) is 5.75 Å². The summed E-state index contributed by atoms with van der Waals surface area (Å²) < 4.78 is 5.10. The predicted octanol–water partition coefficient (Wildman–Crippen LogP) is 3.90. The Morgan fingerprint density at radius 3 is 2.56 bits per heavy atom. The zero-order valence-corrected chi connectivity index (χ0v) is 15.5. The van der Waals surface area contributed by atoms with Crippen LogP contribution < -0.4 is 0 Å². The number of nitrogens with zero attached hydrogens (tertiary/aromatic N) is 1. The van der Waals surface area contributed by atoms with Crippen molar-refractivity contribution in [3.63, 3.8) is 0 Å². The van der Waals surface area contributed by atoms with Crippen molar-refractivity contribution in [1.29, 1.82) is 0 Å². The van der Waals surface area contributed by atoms with E-state index in [0.717, 1.165) is 21.2 Å². The molecule has 1 amide bonds. The molecule has 0 atom stereocenters. The van der Waals surface area contributed by atoms with Crippen LogP contribution in [0, 0.1) is 0 Å². The molecule has 0 aliphatic rings. The first-order chi connectivity index (χ1) is 12.0. The second kappa shape index (κ2) is 9.28. The van der Waals surface area contributed by atoms with E-state index in [9.17, 15) is 9.59 Å². The first kappa shape index (κ1) is 19.1. The molecule has 0 N–H and O–H groups in total. The molecule has 0 radical (unpaired) electrons. The number of esters is 1. The zero-order valence-electron chi connectivity index (χ0n) is 14.7. The van der Waals surface area contributed by atoms with E-state index >= 15 is 0 Å². The summed E-state index contributed by atoms with van der Waals surface area (Å²) in [4.78, 5) is 26.5. The lowest BCUT2D eigenvalue weighted by molar-refractivity contribution is -0.149. The molecule has 2 aromatic rings. The van der Waals surface area contributed by atoms with Crippen LogP contribution in [0.25, 0.3) is 10.8 Å². The van der Waals surface area contributed by atoms with Crippen LogP contribution in [-0.4, -0.2) is 42.2 Å². The van der Waals surface area contributed by atoms with E-state index in [-0.39, 0.29) is 18.3 Å². The lowest BCUT2D eigenvalue weighted by atomic mass is 10.1. The lowest BCUT2D eigenvalue weighted by Crippen LogP contribution is -2.35. The Hall–Kier alpha value is -2.27. The van der Waals surface area contributed by atoms with Crippen molar-refractivity contribution in [2.45, 2.75) is 18.7 Å². The fourth-order valence-corrected chi connectivity index (χ4v) is 3.12. The summed E-state index contributed by atoms with van der Waals surface area (Å²) in [7, 11) is 0. The summed E-state index contributed by atoms with van der Waals surface area (Å²) in [6.45, 7) is 8.38. The third-order valence-electron chi connectivity index (χ3n) is 3.63. The normalized spacial score (nSPS) is 10.5. The number of likely N-dealkylation sites (N-methyl/N-ethyl adjacent to an activating group) is 1. The number of thioether (sulfide) groups is 1. The molecule has 0 aromatic heterocycles. The van der Waals surface area contributed by atoms with Gasteiger partial charge in [0, 0.05) is 18.0 Å². The number of carbonyl (C=O) groups excluding carboxylic acids is 2. The number of hydrogen-bond acceptors (Lipinski definition) is 4. The Labute approximate surface area is 152 Å². The fraction of sp³-hybridized carbons (Fsp3) is 0.300. The van der Waals surface area contributed by atoms with Crippen molar-refractivity contribution in [3.8, 4) is 0 Å². The molecule has 2 aromatic carbocycles. The topological polar surface area (TPSA) is 46.6 Å². The molecule has 0 spiro atoms. The lowest BCUT2D eigenvalue weighted by Gasteiger charge is -2.20. The quantitative estimate of drug-likeness (QED) is 0.408. The van der Waals surface area contributed by atoms with E-state index in [2.05, 4.69) is 6.58 Å². The monoisotopic (exact) mass is 357 g/mol. The summed E-state index contributed by atoms with van der Waals surface area (Å²) in [5, 5.41) is 2.30. The number of carbonyl (C=O) groups is 2. The second-order valence-electron chi connectivity index (χ2n) is 5.82. The Morgan fingerprint density at radius 2 is 1.88 bits per heavy atom. The molecule has 0 fully saturated rings. The van der Waals surface area contributed by atoms with Crippen molar-refractivity contribution >= 4 is 34.4 Å². The molecule has 0 aliphatic carbocycles. The van der Waals surface area contributed by atoms with Gasteiger partial charge in [-0.05, 0) is 36.8 Å². The summed E-state index contributed by atoms with van der Waals surface area (Å²) in [6.07, 6.45) is 0. The number of benzene rings is 2. The molecule has 132 valence electrons. The minimum absolute atomic E-state index is 0.179. The third kappa shape index (κ3) is 5.94. The molecule has 5 heteroatoms. The van der Waals surface area contributed by atoms with Gasteiger partial charge >= 0.3 is 5.97 Å². The van der Waals surface area contributed by atoms with Crippen molar-refractivity contribution < 1.29 is 14.3 Å². The Kier molecular flexibility index (Phi) is 7.07. The standard InChI is InChI=1S/C20H23NO3S/c1-4-21(12-15(2)3)19(22)13-24-20(23)14-25-18-10-9-16-7-5-6-8-17(16)11-18/h5-11H,2,4,12-14H2,1,3H3. The molecule has 25 heavy (non-hydrogen) atoms. The summed E-state index contributed by atoms with van der Waals surface area (Å²) in [6, 6.07) is 14.1. The maximum absolute atomic E-state index is 12.0. The SMILES string of the molecule is C=C(C)CN(CC)C(=O)COC(=O)CSc1ccc2ccccc2c1. The van der Waals surface area contributed by atoms with Crippen LogP contribution in [0.4, 0.5) is 0 Å². The first-order valence-corrected chi connectivity index (χ1v) is 9.17. The molecular weight excluding hydrogens is 334 g/mol. The van der Waals surface area contributed by atoms with Gasteiger partial charge in [0.25, 0.3) is 5.91 Å². The van der Waals surface area contributed by atoms with E-state index in [1.807, 2.05) is 56.3 Å². The average Bonchev–Trinajstić information content (AvgIpc) is 2.62. The fourth-order valence-electron chi connectivity index (χ4n) is 2.38. The van der Waals surface area contributed by atoms with E-state index in [4.69, 9.17) is 4.74 Å². The minimum Gasteiger partial charge on any atom is -0.455 e. The molecule has 0 heterocycles. The third-order valence-corrected chi connectivity index (χ3v) is 4.60. The molecular formula is C20H23NO3S. The highest BCUT2D eigenvalue weighted by molar-refractivity contribution is 8.00. The summed E-state index contributed by atoms with van der Waals surface area (Å²) in [5.41, 5.74) is 0.897. The smallest absolute Gasteiger partial charge is 0.316 e. The van der Waals surface area contributed by atoms with Gasteiger partial charge in [-0.25, -0.2) is 0 Å². The maximum Gasteiger partial charge on any atom is 0.316 e. The van der Waals surface area contributed by atoms with Gasteiger partial charge < -0.3 is 9.64 Å².